The maximum atomic E-state index is 12.8. The van der Waals surface area contributed by atoms with Crippen molar-refractivity contribution < 1.29 is 49.1 Å². The number of aliphatic carboxylic acids is 2. The van der Waals surface area contributed by atoms with E-state index >= 15 is 0 Å². The van der Waals surface area contributed by atoms with Crippen molar-refractivity contribution in [2.45, 2.75) is 17.9 Å². The third kappa shape index (κ3) is 3.16. The van der Waals surface area contributed by atoms with Gasteiger partial charge in [0.15, 0.2) is 12.1 Å². The molecular formula is C18H18N2O10. The number of methoxy groups -OCH3 is 1. The molecule has 0 bridgehead atoms. The summed E-state index contributed by atoms with van der Waals surface area (Å²) in [5, 5.41) is 39.8. The number of hydrogen-bond donors (Lipinski definition) is 5. The smallest absolute Gasteiger partial charge is 0.352 e. The van der Waals surface area contributed by atoms with Crippen molar-refractivity contribution in [1.82, 2.24) is 10.2 Å². The Labute approximate surface area is 168 Å². The van der Waals surface area contributed by atoms with E-state index in [9.17, 15) is 39.6 Å². The number of ether oxygens (including phenoxy) is 2. The molecule has 1 saturated heterocycles. The summed E-state index contributed by atoms with van der Waals surface area (Å²) in [4.78, 5) is 49.5. The van der Waals surface area contributed by atoms with Crippen molar-refractivity contribution in [2.24, 2.45) is 0 Å². The van der Waals surface area contributed by atoms with Gasteiger partial charge in [0, 0.05) is 12.7 Å². The third-order valence-corrected chi connectivity index (χ3v) is 4.87. The Balaban J connectivity index is 1.91. The number of amides is 2. The highest BCUT2D eigenvalue weighted by molar-refractivity contribution is 6.07. The van der Waals surface area contributed by atoms with Crippen LogP contribution in [-0.4, -0.2) is 81.4 Å². The van der Waals surface area contributed by atoms with E-state index < -0.39 is 53.9 Å². The number of hydrogen-bond acceptors (Lipinski definition) is 8. The fourth-order valence-electron chi connectivity index (χ4n) is 3.39. The Morgan fingerprint density at radius 1 is 1.30 bits per heavy atom. The average Bonchev–Trinajstić information content (AvgIpc) is 2.71. The number of carboxylic acids is 2. The molecule has 12 heteroatoms. The topological polar surface area (TPSA) is 183 Å². The molecule has 1 unspecified atom stereocenters. The van der Waals surface area contributed by atoms with Crippen molar-refractivity contribution in [1.29, 1.82) is 0 Å². The fraction of sp³-hybridized carbons (Fsp3) is 0.333. The minimum Gasteiger partial charge on any atom is -0.508 e. The lowest BCUT2D eigenvalue weighted by atomic mass is 9.92. The number of carbonyl (C=O) groups is 4. The van der Waals surface area contributed by atoms with Crippen molar-refractivity contribution in [3.05, 3.63) is 41.1 Å². The summed E-state index contributed by atoms with van der Waals surface area (Å²) in [5.74, 6) is -6.99. The van der Waals surface area contributed by atoms with Crippen LogP contribution in [0, 0.1) is 0 Å². The number of β-lactam (4-membered cyclic amide) rings is 1. The molecule has 160 valence electrons. The Kier molecular flexibility index (Phi) is 5.48. The highest BCUT2D eigenvalue weighted by Crippen LogP contribution is 2.40. The number of nitrogens with zero attached hydrogens (tertiary/aromatic N) is 1. The third-order valence-electron chi connectivity index (χ3n) is 4.87. The summed E-state index contributed by atoms with van der Waals surface area (Å²) < 4.78 is 10.6. The Morgan fingerprint density at radius 2 is 1.93 bits per heavy atom. The summed E-state index contributed by atoms with van der Waals surface area (Å²) in [6.45, 7) is -1.000. The summed E-state index contributed by atoms with van der Waals surface area (Å²) in [7, 11) is 1.07. The number of aromatic hydroxyl groups is 1. The van der Waals surface area contributed by atoms with Gasteiger partial charge in [-0.25, -0.2) is 4.79 Å². The van der Waals surface area contributed by atoms with Crippen molar-refractivity contribution >= 4 is 23.8 Å². The van der Waals surface area contributed by atoms with Gasteiger partial charge in [-0.2, -0.15) is 0 Å². The van der Waals surface area contributed by atoms with Crippen molar-refractivity contribution in [3.63, 3.8) is 0 Å². The summed E-state index contributed by atoms with van der Waals surface area (Å²) in [6.07, 6.45) is -1.38. The van der Waals surface area contributed by atoms with E-state index in [4.69, 9.17) is 9.47 Å². The second-order valence-electron chi connectivity index (χ2n) is 6.55. The van der Waals surface area contributed by atoms with Crippen molar-refractivity contribution in [2.75, 3.05) is 20.3 Å². The monoisotopic (exact) mass is 422 g/mol. The van der Waals surface area contributed by atoms with Crippen LogP contribution in [0.3, 0.4) is 0 Å². The molecule has 1 aromatic carbocycles. The number of carbonyl (C=O) groups excluding carboxylic acids is 2. The van der Waals surface area contributed by atoms with E-state index in [2.05, 4.69) is 5.32 Å². The summed E-state index contributed by atoms with van der Waals surface area (Å²) >= 11 is 0. The molecule has 3 atom stereocenters. The lowest BCUT2D eigenvalue weighted by molar-refractivity contribution is -0.258. The maximum absolute atomic E-state index is 12.8. The number of rotatable bonds is 7. The molecule has 1 fully saturated rings. The van der Waals surface area contributed by atoms with Gasteiger partial charge < -0.3 is 35.2 Å². The first-order valence-electron chi connectivity index (χ1n) is 8.58. The SMILES string of the molecule is CO[C@@]1(NC(=O)C(C(=O)O)c2ccc(O)cc2)C(=O)N2C(C(=O)O)=C(CO)CO[C@@H]21. The molecule has 0 spiro atoms. The molecule has 0 aliphatic carbocycles. The number of carboxylic acid groups (broad SMARTS) is 2. The van der Waals surface area contributed by atoms with Crippen LogP contribution in [0.1, 0.15) is 11.5 Å². The molecule has 1 aromatic rings. The average molecular weight is 422 g/mol. The van der Waals surface area contributed by atoms with Gasteiger partial charge >= 0.3 is 11.9 Å². The van der Waals surface area contributed by atoms with Crippen LogP contribution < -0.4 is 5.32 Å². The molecule has 3 rings (SSSR count). The van der Waals surface area contributed by atoms with Crippen molar-refractivity contribution in [3.8, 4) is 5.75 Å². The molecule has 0 aromatic heterocycles. The summed E-state index contributed by atoms with van der Waals surface area (Å²) in [5.41, 5.74) is -2.65. The Hall–Kier alpha value is -3.48. The second kappa shape index (κ2) is 7.74. The van der Waals surface area contributed by atoms with E-state index in [1.807, 2.05) is 0 Å². The van der Waals surface area contributed by atoms with E-state index in [0.29, 0.717) is 0 Å². The highest BCUT2D eigenvalue weighted by atomic mass is 16.6. The molecule has 30 heavy (non-hydrogen) atoms. The van der Waals surface area contributed by atoms with Crippen LogP contribution in [0.5, 0.6) is 5.75 Å². The second-order valence-corrected chi connectivity index (χ2v) is 6.55. The number of phenolic OH excluding ortho intramolecular Hbond substituents is 1. The molecule has 2 amide bonds. The fourth-order valence-corrected chi connectivity index (χ4v) is 3.39. The van der Waals surface area contributed by atoms with E-state index in [1.54, 1.807) is 0 Å². The quantitative estimate of drug-likeness (QED) is 0.198. The zero-order chi connectivity index (χ0) is 22.2. The standard InChI is InChI=1S/C18H18N2O10/c1-29-18(16(28)20-12(15(26)27)9(6-21)7-30-17(18)20)19-13(23)11(14(24)25)8-2-4-10(22)5-3-8/h2-5,11,17,21-22H,6-7H2,1H3,(H,19,23)(H,24,25)(H,26,27)/t11?,17-,18+/m1/s1. The van der Waals surface area contributed by atoms with Gasteiger partial charge in [-0.15, -0.1) is 0 Å². The molecule has 2 heterocycles. The van der Waals surface area contributed by atoms with E-state index in [1.165, 1.54) is 24.3 Å². The predicted molar refractivity (Wildman–Crippen MR) is 94.7 cm³/mol. The zero-order valence-corrected chi connectivity index (χ0v) is 15.6. The van der Waals surface area contributed by atoms with Crippen LogP contribution in [0.25, 0.3) is 0 Å². The van der Waals surface area contributed by atoms with Gasteiger partial charge in [-0.3, -0.25) is 19.3 Å². The number of fused-ring (bicyclic) bond motifs is 1. The number of benzene rings is 1. The molecule has 2 aliphatic heterocycles. The van der Waals surface area contributed by atoms with Gasteiger partial charge in [0.2, 0.25) is 5.91 Å². The number of nitrogens with one attached hydrogen (secondary N) is 1. The van der Waals surface area contributed by atoms with Gasteiger partial charge in [0.05, 0.1) is 13.2 Å². The molecule has 0 radical (unpaired) electrons. The number of aliphatic hydroxyl groups excluding tert-OH is 1. The van der Waals surface area contributed by atoms with Gasteiger partial charge in [-0.05, 0) is 17.7 Å². The highest BCUT2D eigenvalue weighted by Gasteiger charge is 2.68. The van der Waals surface area contributed by atoms with Crippen LogP contribution >= 0.6 is 0 Å². The Morgan fingerprint density at radius 3 is 2.43 bits per heavy atom. The van der Waals surface area contributed by atoms with Crippen LogP contribution in [0.2, 0.25) is 0 Å². The molecule has 5 N–H and O–H groups in total. The largest absolute Gasteiger partial charge is 0.508 e. The van der Waals surface area contributed by atoms with Crippen LogP contribution in [0.15, 0.2) is 35.5 Å². The lowest BCUT2D eigenvalue weighted by Gasteiger charge is -2.55. The first-order chi connectivity index (χ1) is 14.2. The lowest BCUT2D eigenvalue weighted by Crippen LogP contribution is -2.82. The van der Waals surface area contributed by atoms with Gasteiger partial charge in [-0.1, -0.05) is 12.1 Å². The van der Waals surface area contributed by atoms with Crippen LogP contribution in [-0.2, 0) is 28.7 Å². The molecule has 12 nitrogen and oxygen atoms in total. The Bertz CT molecular complexity index is 941. The summed E-state index contributed by atoms with van der Waals surface area (Å²) in [6, 6.07) is 4.87. The normalized spacial score (nSPS) is 24.0. The van der Waals surface area contributed by atoms with Gasteiger partial charge in [0.25, 0.3) is 11.6 Å². The van der Waals surface area contributed by atoms with Gasteiger partial charge in [0.1, 0.15) is 11.4 Å². The van der Waals surface area contributed by atoms with E-state index in [-0.39, 0.29) is 23.5 Å². The molecule has 0 saturated carbocycles. The van der Waals surface area contributed by atoms with Crippen LogP contribution in [0.4, 0.5) is 0 Å². The molecule has 2 aliphatic rings. The maximum Gasteiger partial charge on any atom is 0.352 e. The molecular weight excluding hydrogens is 404 g/mol. The van der Waals surface area contributed by atoms with E-state index in [0.717, 1.165) is 12.0 Å². The first kappa shape index (κ1) is 21.2. The number of phenols is 1. The zero-order valence-electron chi connectivity index (χ0n) is 15.6. The first-order valence-corrected chi connectivity index (χ1v) is 8.58. The predicted octanol–water partition coefficient (Wildman–Crippen LogP) is -1.45. The minimum atomic E-state index is -2.15. The minimum absolute atomic E-state index is 0.0333. The number of aliphatic hydroxyl groups is 1.